The Balaban J connectivity index is 1.82. The smallest absolute Gasteiger partial charge is 0.226 e. The Kier molecular flexibility index (Phi) is 5.33. The van der Waals surface area contributed by atoms with Crippen LogP contribution in [0.3, 0.4) is 0 Å². The van der Waals surface area contributed by atoms with E-state index in [4.69, 9.17) is 5.73 Å². The van der Waals surface area contributed by atoms with Crippen molar-refractivity contribution >= 4 is 11.8 Å². The fourth-order valence-electron chi connectivity index (χ4n) is 2.64. The van der Waals surface area contributed by atoms with Gasteiger partial charge in [0.1, 0.15) is 0 Å². The number of amides is 2. The summed E-state index contributed by atoms with van der Waals surface area (Å²) < 4.78 is 0. The maximum absolute atomic E-state index is 12.3. The van der Waals surface area contributed by atoms with Crippen LogP contribution in [0.5, 0.6) is 0 Å². The van der Waals surface area contributed by atoms with E-state index < -0.39 is 0 Å². The number of nitrogens with one attached hydrogen (secondary N) is 1. The zero-order valence-electron chi connectivity index (χ0n) is 12.5. The Morgan fingerprint density at radius 2 is 1.76 bits per heavy atom. The Morgan fingerprint density at radius 3 is 2.29 bits per heavy atom. The van der Waals surface area contributed by atoms with Crippen LogP contribution >= 0.6 is 0 Å². The van der Waals surface area contributed by atoms with Crippen LogP contribution in [-0.2, 0) is 22.6 Å². The van der Waals surface area contributed by atoms with Crippen molar-refractivity contribution in [1.29, 1.82) is 0 Å². The molecule has 0 spiro atoms. The highest BCUT2D eigenvalue weighted by Crippen LogP contribution is 2.13. The quantitative estimate of drug-likeness (QED) is 0.861. The number of nitrogens with zero attached hydrogens (tertiary/aromatic N) is 1. The van der Waals surface area contributed by atoms with Gasteiger partial charge in [-0.1, -0.05) is 24.3 Å². The number of benzene rings is 1. The monoisotopic (exact) mass is 289 g/mol. The van der Waals surface area contributed by atoms with Gasteiger partial charge in [0.15, 0.2) is 0 Å². The van der Waals surface area contributed by atoms with E-state index in [0.717, 1.165) is 24.0 Å². The summed E-state index contributed by atoms with van der Waals surface area (Å²) in [4.78, 5) is 25.2. The minimum atomic E-state index is -0.000213. The number of likely N-dealkylation sites (tertiary alicyclic amines) is 1. The van der Waals surface area contributed by atoms with Gasteiger partial charge in [0.25, 0.3) is 0 Å². The van der Waals surface area contributed by atoms with Crippen LogP contribution in [0.4, 0.5) is 0 Å². The molecule has 1 saturated heterocycles. The van der Waals surface area contributed by atoms with Crippen molar-refractivity contribution < 1.29 is 9.59 Å². The van der Waals surface area contributed by atoms with Crippen molar-refractivity contribution in [3.63, 3.8) is 0 Å². The van der Waals surface area contributed by atoms with Crippen molar-refractivity contribution in [2.24, 2.45) is 5.73 Å². The van der Waals surface area contributed by atoms with Gasteiger partial charge in [-0.15, -0.1) is 0 Å². The molecule has 5 heteroatoms. The van der Waals surface area contributed by atoms with E-state index in [0.29, 0.717) is 26.1 Å². The molecule has 0 atom stereocenters. The van der Waals surface area contributed by atoms with Crippen LogP contribution in [0.25, 0.3) is 0 Å². The van der Waals surface area contributed by atoms with Gasteiger partial charge < -0.3 is 16.0 Å². The number of carbonyl (C=O) groups excluding carboxylic acids is 2. The zero-order chi connectivity index (χ0) is 15.2. The summed E-state index contributed by atoms with van der Waals surface area (Å²) in [5, 5.41) is 2.91. The van der Waals surface area contributed by atoms with Crippen LogP contribution in [0.15, 0.2) is 24.3 Å². The van der Waals surface area contributed by atoms with Gasteiger partial charge >= 0.3 is 0 Å². The number of carbonyl (C=O) groups is 2. The molecule has 0 unspecified atom stereocenters. The molecule has 1 aromatic carbocycles. The van der Waals surface area contributed by atoms with Crippen molar-refractivity contribution in [2.45, 2.75) is 38.8 Å². The van der Waals surface area contributed by atoms with Crippen LogP contribution in [-0.4, -0.2) is 35.8 Å². The summed E-state index contributed by atoms with van der Waals surface area (Å²) in [5.74, 6) is 0.150. The van der Waals surface area contributed by atoms with E-state index in [9.17, 15) is 9.59 Å². The van der Waals surface area contributed by atoms with E-state index in [-0.39, 0.29) is 17.9 Å². The summed E-state index contributed by atoms with van der Waals surface area (Å²) in [6.07, 6.45) is 2.09. The molecule has 0 bridgehead atoms. The zero-order valence-corrected chi connectivity index (χ0v) is 12.5. The third-order valence-corrected chi connectivity index (χ3v) is 3.87. The average Bonchev–Trinajstić information content (AvgIpc) is 2.48. The molecule has 2 rings (SSSR count). The van der Waals surface area contributed by atoms with E-state index in [1.807, 2.05) is 29.2 Å². The van der Waals surface area contributed by atoms with Gasteiger partial charge in [-0.2, -0.15) is 0 Å². The highest BCUT2D eigenvalue weighted by molar-refractivity contribution is 5.79. The summed E-state index contributed by atoms with van der Waals surface area (Å²) in [6.45, 7) is 3.47. The van der Waals surface area contributed by atoms with Crippen molar-refractivity contribution in [3.05, 3.63) is 35.4 Å². The lowest BCUT2D eigenvalue weighted by Crippen LogP contribution is -2.46. The highest BCUT2D eigenvalue weighted by Gasteiger charge is 2.23. The lowest BCUT2D eigenvalue weighted by atomic mass is 10.0. The number of hydrogen-bond donors (Lipinski definition) is 2. The van der Waals surface area contributed by atoms with Crippen LogP contribution < -0.4 is 11.1 Å². The SMILES string of the molecule is CC(=O)NC1CCN(C(=O)Cc2ccc(CN)cc2)CC1. The molecule has 0 aliphatic carbocycles. The lowest BCUT2D eigenvalue weighted by molar-refractivity contribution is -0.131. The minimum absolute atomic E-state index is 0.000213. The van der Waals surface area contributed by atoms with E-state index >= 15 is 0 Å². The van der Waals surface area contributed by atoms with Crippen LogP contribution in [0, 0.1) is 0 Å². The van der Waals surface area contributed by atoms with Crippen LogP contribution in [0.1, 0.15) is 30.9 Å². The Hall–Kier alpha value is -1.88. The second-order valence-corrected chi connectivity index (χ2v) is 5.55. The molecule has 0 radical (unpaired) electrons. The van der Waals surface area contributed by atoms with Gasteiger partial charge in [-0.05, 0) is 24.0 Å². The molecule has 21 heavy (non-hydrogen) atoms. The normalized spacial score (nSPS) is 15.8. The number of rotatable bonds is 4. The van der Waals surface area contributed by atoms with E-state index in [1.165, 1.54) is 6.92 Å². The van der Waals surface area contributed by atoms with Gasteiger partial charge in [-0.25, -0.2) is 0 Å². The Bertz CT molecular complexity index is 491. The van der Waals surface area contributed by atoms with Crippen molar-refractivity contribution in [2.75, 3.05) is 13.1 Å². The molecular formula is C16H23N3O2. The highest BCUT2D eigenvalue weighted by atomic mass is 16.2. The van der Waals surface area contributed by atoms with E-state index in [2.05, 4.69) is 5.32 Å². The lowest BCUT2D eigenvalue weighted by Gasteiger charge is -2.32. The van der Waals surface area contributed by atoms with Crippen molar-refractivity contribution in [3.8, 4) is 0 Å². The Morgan fingerprint density at radius 1 is 1.19 bits per heavy atom. The molecule has 2 amide bonds. The van der Waals surface area contributed by atoms with E-state index in [1.54, 1.807) is 0 Å². The fourth-order valence-corrected chi connectivity index (χ4v) is 2.64. The predicted molar refractivity (Wildman–Crippen MR) is 81.5 cm³/mol. The van der Waals surface area contributed by atoms with Gasteiger partial charge in [0.05, 0.1) is 6.42 Å². The molecule has 3 N–H and O–H groups in total. The van der Waals surface area contributed by atoms with Gasteiger partial charge in [-0.3, -0.25) is 9.59 Å². The number of piperidine rings is 1. The summed E-state index contributed by atoms with van der Waals surface area (Å²) >= 11 is 0. The minimum Gasteiger partial charge on any atom is -0.353 e. The van der Waals surface area contributed by atoms with Gasteiger partial charge in [0.2, 0.25) is 11.8 Å². The number of nitrogens with two attached hydrogens (primary N) is 1. The molecule has 1 heterocycles. The summed E-state index contributed by atoms with van der Waals surface area (Å²) in [7, 11) is 0. The first-order valence-corrected chi connectivity index (χ1v) is 7.41. The second kappa shape index (κ2) is 7.22. The average molecular weight is 289 g/mol. The van der Waals surface area contributed by atoms with Crippen molar-refractivity contribution in [1.82, 2.24) is 10.2 Å². The molecule has 0 saturated carbocycles. The first-order chi connectivity index (χ1) is 10.1. The second-order valence-electron chi connectivity index (χ2n) is 5.55. The molecule has 114 valence electrons. The standard InChI is InChI=1S/C16H23N3O2/c1-12(20)18-15-6-8-19(9-7-15)16(21)10-13-2-4-14(11-17)5-3-13/h2-5,15H,6-11,17H2,1H3,(H,18,20). The molecule has 1 aliphatic rings. The molecule has 1 fully saturated rings. The van der Waals surface area contributed by atoms with Gasteiger partial charge in [0, 0.05) is 32.6 Å². The summed E-state index contributed by atoms with van der Waals surface area (Å²) in [6, 6.07) is 8.06. The molecule has 1 aliphatic heterocycles. The number of hydrogen-bond acceptors (Lipinski definition) is 3. The molecular weight excluding hydrogens is 266 g/mol. The third-order valence-electron chi connectivity index (χ3n) is 3.87. The fraction of sp³-hybridized carbons (Fsp3) is 0.500. The summed E-state index contributed by atoms with van der Waals surface area (Å²) in [5.41, 5.74) is 7.65. The largest absolute Gasteiger partial charge is 0.353 e. The topological polar surface area (TPSA) is 75.4 Å². The third kappa shape index (κ3) is 4.56. The predicted octanol–water partition coefficient (Wildman–Crippen LogP) is 0.815. The molecule has 1 aromatic rings. The molecule has 5 nitrogen and oxygen atoms in total. The van der Waals surface area contributed by atoms with Crippen LogP contribution in [0.2, 0.25) is 0 Å². The maximum atomic E-state index is 12.3. The maximum Gasteiger partial charge on any atom is 0.226 e. The first-order valence-electron chi connectivity index (χ1n) is 7.41. The first kappa shape index (κ1) is 15.5. The molecule has 0 aromatic heterocycles. The Labute approximate surface area is 125 Å².